The van der Waals surface area contributed by atoms with Crippen molar-refractivity contribution < 1.29 is 19.0 Å². The van der Waals surface area contributed by atoms with Crippen LogP contribution in [-0.4, -0.2) is 37.8 Å². The number of carbonyl (C=O) groups is 1. The molecule has 1 aliphatic heterocycles. The number of carbonyl (C=O) groups excluding carboxylic acids is 1. The van der Waals surface area contributed by atoms with Gasteiger partial charge in [0.1, 0.15) is 29.5 Å². The molecular weight excluding hydrogens is 380 g/mol. The number of halogens is 1. The lowest BCUT2D eigenvalue weighted by molar-refractivity contribution is 0.0943. The summed E-state index contributed by atoms with van der Waals surface area (Å²) in [5.41, 5.74) is 2.44. The van der Waals surface area contributed by atoms with Crippen LogP contribution in [0.25, 0.3) is 10.9 Å². The first-order valence-electron chi connectivity index (χ1n) is 9.06. The van der Waals surface area contributed by atoms with Gasteiger partial charge in [0.25, 0.3) is 5.91 Å². The molecule has 6 nitrogen and oxygen atoms in total. The van der Waals surface area contributed by atoms with Crippen LogP contribution in [0.1, 0.15) is 16.1 Å². The summed E-state index contributed by atoms with van der Waals surface area (Å²) in [6, 6.07) is 11.1. The quantitative estimate of drug-likeness (QED) is 0.685. The molecule has 1 N–H and O–H groups in total. The number of amides is 1. The van der Waals surface area contributed by atoms with Crippen LogP contribution in [0, 0.1) is 0 Å². The van der Waals surface area contributed by atoms with E-state index in [1.165, 1.54) is 0 Å². The highest BCUT2D eigenvalue weighted by molar-refractivity contribution is 6.36. The first kappa shape index (κ1) is 18.5. The molecule has 0 spiro atoms. The Kier molecular flexibility index (Phi) is 5.05. The third-order valence-electron chi connectivity index (χ3n) is 4.94. The van der Waals surface area contributed by atoms with Crippen molar-refractivity contribution in [3.63, 3.8) is 0 Å². The van der Waals surface area contributed by atoms with Crippen molar-refractivity contribution in [2.45, 2.75) is 13.0 Å². The zero-order valence-electron chi connectivity index (χ0n) is 15.8. The largest absolute Gasteiger partial charge is 0.497 e. The third-order valence-corrected chi connectivity index (χ3v) is 5.27. The molecule has 1 amide bonds. The van der Waals surface area contributed by atoms with E-state index in [9.17, 15) is 4.79 Å². The minimum atomic E-state index is -0.137. The summed E-state index contributed by atoms with van der Waals surface area (Å²) in [4.78, 5) is 12.8. The molecule has 0 saturated heterocycles. The lowest BCUT2D eigenvalue weighted by atomic mass is 10.1. The molecule has 0 fully saturated rings. The van der Waals surface area contributed by atoms with Gasteiger partial charge in [-0.3, -0.25) is 4.79 Å². The average molecular weight is 401 g/mol. The molecule has 0 radical (unpaired) electrons. The maximum atomic E-state index is 12.8. The maximum absolute atomic E-state index is 12.8. The maximum Gasteiger partial charge on any atom is 0.267 e. The number of benzene rings is 2. The van der Waals surface area contributed by atoms with Gasteiger partial charge >= 0.3 is 0 Å². The van der Waals surface area contributed by atoms with E-state index in [2.05, 4.69) is 5.32 Å². The van der Waals surface area contributed by atoms with E-state index in [0.29, 0.717) is 36.8 Å². The van der Waals surface area contributed by atoms with Crippen molar-refractivity contribution in [1.29, 1.82) is 0 Å². The molecule has 0 aliphatic carbocycles. The summed E-state index contributed by atoms with van der Waals surface area (Å²) in [5, 5.41) is 4.44. The monoisotopic (exact) mass is 400 g/mol. The Labute approximate surface area is 167 Å². The smallest absolute Gasteiger partial charge is 0.267 e. The standard InChI is InChI=1S/C21H21ClN2O4/c1-26-14-3-5-18(27-2)13(11-14)7-8-23-21(25)17-12-15-16(22)4-6-19-20(15)24(17)9-10-28-19/h3-6,11-12H,7-10H2,1-2H3,(H,23,25). The van der Waals surface area contributed by atoms with E-state index in [1.54, 1.807) is 20.3 Å². The van der Waals surface area contributed by atoms with E-state index in [4.69, 9.17) is 25.8 Å². The zero-order valence-corrected chi connectivity index (χ0v) is 16.5. The fourth-order valence-electron chi connectivity index (χ4n) is 3.58. The van der Waals surface area contributed by atoms with Crippen molar-refractivity contribution in [1.82, 2.24) is 9.88 Å². The van der Waals surface area contributed by atoms with Gasteiger partial charge in [0.15, 0.2) is 0 Å². The van der Waals surface area contributed by atoms with Crippen LogP contribution in [0.2, 0.25) is 5.02 Å². The lowest BCUT2D eigenvalue weighted by Crippen LogP contribution is -2.29. The molecule has 7 heteroatoms. The Hall–Kier alpha value is -2.86. The Balaban J connectivity index is 1.53. The molecule has 4 rings (SSSR count). The van der Waals surface area contributed by atoms with E-state index in [-0.39, 0.29) is 5.91 Å². The molecule has 1 aromatic heterocycles. The highest BCUT2D eigenvalue weighted by Gasteiger charge is 2.22. The van der Waals surface area contributed by atoms with Crippen molar-refractivity contribution in [3.05, 3.63) is 52.7 Å². The SMILES string of the molecule is COc1ccc(OC)c(CCNC(=O)c2cc3c(Cl)ccc4c3n2CCO4)c1. The summed E-state index contributed by atoms with van der Waals surface area (Å²) in [7, 11) is 3.25. The summed E-state index contributed by atoms with van der Waals surface area (Å²) in [6.45, 7) is 1.62. The van der Waals surface area contributed by atoms with E-state index >= 15 is 0 Å². The molecule has 0 unspecified atom stereocenters. The van der Waals surface area contributed by atoms with Crippen LogP contribution in [0.3, 0.4) is 0 Å². The van der Waals surface area contributed by atoms with E-state index in [1.807, 2.05) is 34.9 Å². The number of hydrogen-bond acceptors (Lipinski definition) is 4. The van der Waals surface area contributed by atoms with Crippen molar-refractivity contribution in [2.75, 3.05) is 27.4 Å². The fraction of sp³-hybridized carbons (Fsp3) is 0.286. The Morgan fingerprint density at radius 1 is 1.21 bits per heavy atom. The Morgan fingerprint density at radius 3 is 2.86 bits per heavy atom. The van der Waals surface area contributed by atoms with Gasteiger partial charge < -0.3 is 24.1 Å². The summed E-state index contributed by atoms with van der Waals surface area (Å²) in [5.74, 6) is 2.14. The minimum Gasteiger partial charge on any atom is -0.497 e. The van der Waals surface area contributed by atoms with Crippen LogP contribution in [0.15, 0.2) is 36.4 Å². The molecule has 28 heavy (non-hydrogen) atoms. The third kappa shape index (κ3) is 3.24. The van der Waals surface area contributed by atoms with Gasteiger partial charge in [0.05, 0.1) is 31.3 Å². The molecule has 0 atom stereocenters. The van der Waals surface area contributed by atoms with Crippen LogP contribution >= 0.6 is 11.6 Å². The summed E-state index contributed by atoms with van der Waals surface area (Å²) < 4.78 is 18.3. The Bertz CT molecular complexity index is 1040. The average Bonchev–Trinajstić information content (AvgIpc) is 3.12. The van der Waals surface area contributed by atoms with Gasteiger partial charge in [0.2, 0.25) is 0 Å². The Morgan fingerprint density at radius 2 is 2.07 bits per heavy atom. The zero-order chi connectivity index (χ0) is 19.7. The summed E-state index contributed by atoms with van der Waals surface area (Å²) in [6.07, 6.45) is 0.626. The molecule has 2 aromatic carbocycles. The van der Waals surface area contributed by atoms with Gasteiger partial charge in [0, 0.05) is 11.9 Å². The van der Waals surface area contributed by atoms with Crippen molar-refractivity contribution >= 4 is 28.4 Å². The van der Waals surface area contributed by atoms with Gasteiger partial charge in [-0.25, -0.2) is 0 Å². The number of methoxy groups -OCH3 is 2. The van der Waals surface area contributed by atoms with Crippen LogP contribution in [-0.2, 0) is 13.0 Å². The van der Waals surface area contributed by atoms with Crippen molar-refractivity contribution in [2.24, 2.45) is 0 Å². The number of rotatable bonds is 6. The van der Waals surface area contributed by atoms with Crippen LogP contribution < -0.4 is 19.5 Å². The van der Waals surface area contributed by atoms with E-state index < -0.39 is 0 Å². The minimum absolute atomic E-state index is 0.137. The molecule has 1 aliphatic rings. The van der Waals surface area contributed by atoms with E-state index in [0.717, 1.165) is 33.7 Å². The lowest BCUT2D eigenvalue weighted by Gasteiger charge is -2.19. The number of ether oxygens (including phenoxy) is 3. The van der Waals surface area contributed by atoms with Crippen LogP contribution in [0.5, 0.6) is 17.2 Å². The molecule has 0 bridgehead atoms. The van der Waals surface area contributed by atoms with Gasteiger partial charge in [-0.2, -0.15) is 0 Å². The normalized spacial score (nSPS) is 12.5. The second kappa shape index (κ2) is 7.64. The second-order valence-corrected chi connectivity index (χ2v) is 6.93. The summed E-state index contributed by atoms with van der Waals surface area (Å²) >= 11 is 6.32. The van der Waals surface area contributed by atoms with Crippen molar-refractivity contribution in [3.8, 4) is 17.2 Å². The number of hydrogen-bond donors (Lipinski definition) is 1. The highest BCUT2D eigenvalue weighted by Crippen LogP contribution is 2.36. The van der Waals surface area contributed by atoms with Gasteiger partial charge in [-0.1, -0.05) is 11.6 Å². The molecule has 2 heterocycles. The first-order chi connectivity index (χ1) is 13.6. The van der Waals surface area contributed by atoms with Gasteiger partial charge in [-0.15, -0.1) is 0 Å². The molecule has 3 aromatic rings. The molecule has 146 valence electrons. The highest BCUT2D eigenvalue weighted by atomic mass is 35.5. The van der Waals surface area contributed by atoms with Gasteiger partial charge in [-0.05, 0) is 48.4 Å². The second-order valence-electron chi connectivity index (χ2n) is 6.52. The number of nitrogens with one attached hydrogen (secondary N) is 1. The molecular formula is C21H21ClN2O4. The topological polar surface area (TPSA) is 61.7 Å². The van der Waals surface area contributed by atoms with Crippen LogP contribution in [0.4, 0.5) is 0 Å². The fourth-order valence-corrected chi connectivity index (χ4v) is 3.78. The molecule has 0 saturated carbocycles. The first-order valence-corrected chi connectivity index (χ1v) is 9.44. The number of nitrogens with zero attached hydrogens (tertiary/aromatic N) is 1. The number of aromatic nitrogens is 1. The predicted molar refractivity (Wildman–Crippen MR) is 108 cm³/mol. The predicted octanol–water partition coefficient (Wildman–Crippen LogP) is 3.68.